The highest BCUT2D eigenvalue weighted by Crippen LogP contribution is 2.33. The van der Waals surface area contributed by atoms with E-state index in [1.54, 1.807) is 0 Å². The summed E-state index contributed by atoms with van der Waals surface area (Å²) in [6.45, 7) is 5.40. The maximum atomic E-state index is 11.0. The first-order chi connectivity index (χ1) is 9.58. The molecule has 2 N–H and O–H groups in total. The summed E-state index contributed by atoms with van der Waals surface area (Å²) < 4.78 is 0. The lowest BCUT2D eigenvalue weighted by Gasteiger charge is -2.27. The van der Waals surface area contributed by atoms with Gasteiger partial charge in [-0.05, 0) is 6.07 Å². The van der Waals surface area contributed by atoms with Gasteiger partial charge in [-0.1, -0.05) is 23.2 Å². The fraction of sp³-hybridized carbons (Fsp3) is 0.500. The van der Waals surface area contributed by atoms with Crippen LogP contribution >= 0.6 is 23.2 Å². The minimum Gasteiger partial charge on any atom is -0.378 e. The summed E-state index contributed by atoms with van der Waals surface area (Å²) in [4.78, 5) is 12.8. The van der Waals surface area contributed by atoms with Crippen molar-refractivity contribution in [2.45, 2.75) is 0 Å². The maximum absolute atomic E-state index is 11.0. The molecule has 1 aromatic rings. The van der Waals surface area contributed by atoms with Gasteiger partial charge >= 0.3 is 0 Å². The fourth-order valence-electron chi connectivity index (χ4n) is 2.11. The molecular formula is C12H16Cl2N4O2. The van der Waals surface area contributed by atoms with Crippen molar-refractivity contribution in [2.24, 2.45) is 0 Å². The molecule has 8 heteroatoms. The molecule has 110 valence electrons. The van der Waals surface area contributed by atoms with Crippen LogP contribution in [0.4, 0.5) is 11.4 Å². The summed E-state index contributed by atoms with van der Waals surface area (Å²) in [5.41, 5.74) is 0.347. The van der Waals surface area contributed by atoms with E-state index in [0.717, 1.165) is 32.7 Å². The van der Waals surface area contributed by atoms with Crippen LogP contribution in [0.25, 0.3) is 0 Å². The van der Waals surface area contributed by atoms with Crippen LogP contribution in [-0.4, -0.2) is 49.1 Å². The molecule has 0 amide bonds. The topological polar surface area (TPSA) is 70.4 Å². The molecule has 0 saturated carbocycles. The van der Waals surface area contributed by atoms with E-state index in [1.165, 1.54) is 12.1 Å². The van der Waals surface area contributed by atoms with Crippen LogP contribution in [0.3, 0.4) is 0 Å². The zero-order chi connectivity index (χ0) is 14.5. The number of hydrogen-bond acceptors (Lipinski definition) is 5. The van der Waals surface area contributed by atoms with E-state index in [4.69, 9.17) is 23.2 Å². The lowest BCUT2D eigenvalue weighted by atomic mass is 10.2. The second-order valence-corrected chi connectivity index (χ2v) is 5.37. The average molecular weight is 319 g/mol. The van der Waals surface area contributed by atoms with Crippen LogP contribution in [0.2, 0.25) is 10.0 Å². The first-order valence-electron chi connectivity index (χ1n) is 6.38. The number of nitrogens with zero attached hydrogens (tertiary/aromatic N) is 2. The summed E-state index contributed by atoms with van der Waals surface area (Å²) in [5.74, 6) is 0. The Labute approximate surface area is 127 Å². The van der Waals surface area contributed by atoms with Crippen LogP contribution in [0.5, 0.6) is 0 Å². The third kappa shape index (κ3) is 3.96. The zero-order valence-corrected chi connectivity index (χ0v) is 12.4. The van der Waals surface area contributed by atoms with Gasteiger partial charge < -0.3 is 10.6 Å². The third-order valence-corrected chi connectivity index (χ3v) is 3.91. The molecule has 0 spiro atoms. The zero-order valence-electron chi connectivity index (χ0n) is 10.9. The fourth-order valence-corrected chi connectivity index (χ4v) is 2.43. The van der Waals surface area contributed by atoms with Gasteiger partial charge in [0.15, 0.2) is 0 Å². The minimum atomic E-state index is -0.463. The summed E-state index contributed by atoms with van der Waals surface area (Å²) in [5, 5.41) is 17.8. The van der Waals surface area contributed by atoms with Gasteiger partial charge in [-0.25, -0.2) is 0 Å². The Kier molecular flexibility index (Phi) is 5.42. The number of nitro groups is 1. The van der Waals surface area contributed by atoms with E-state index >= 15 is 0 Å². The molecule has 20 heavy (non-hydrogen) atoms. The second-order valence-electron chi connectivity index (χ2n) is 4.56. The minimum absolute atomic E-state index is 0.0558. The van der Waals surface area contributed by atoms with Crippen LogP contribution in [0.15, 0.2) is 12.1 Å². The van der Waals surface area contributed by atoms with Crippen LogP contribution in [0, 0.1) is 10.1 Å². The summed E-state index contributed by atoms with van der Waals surface area (Å²) in [6.07, 6.45) is 0. The van der Waals surface area contributed by atoms with E-state index < -0.39 is 4.92 Å². The largest absolute Gasteiger partial charge is 0.378 e. The molecule has 1 saturated heterocycles. The number of rotatable bonds is 5. The SMILES string of the molecule is O=[N+]([O-])c1cc(Cl)c(Cl)cc1NCCN1CCNCC1. The summed E-state index contributed by atoms with van der Waals surface area (Å²) >= 11 is 11.7. The van der Waals surface area contributed by atoms with Crippen molar-refractivity contribution in [3.8, 4) is 0 Å². The first-order valence-corrected chi connectivity index (χ1v) is 7.14. The Bertz CT molecular complexity index is 493. The number of halogens is 2. The van der Waals surface area contributed by atoms with E-state index in [9.17, 15) is 10.1 Å². The van der Waals surface area contributed by atoms with Gasteiger partial charge in [0, 0.05) is 45.3 Å². The number of nitro benzene ring substituents is 1. The van der Waals surface area contributed by atoms with Crippen LogP contribution in [0.1, 0.15) is 0 Å². The van der Waals surface area contributed by atoms with Crippen molar-refractivity contribution in [1.82, 2.24) is 10.2 Å². The maximum Gasteiger partial charge on any atom is 0.293 e. The molecular weight excluding hydrogens is 303 g/mol. The van der Waals surface area contributed by atoms with Gasteiger partial charge in [-0.15, -0.1) is 0 Å². The summed E-state index contributed by atoms with van der Waals surface area (Å²) in [7, 11) is 0. The van der Waals surface area contributed by atoms with Gasteiger partial charge in [0.25, 0.3) is 5.69 Å². The molecule has 1 fully saturated rings. The number of anilines is 1. The molecule has 0 atom stereocenters. The Morgan fingerprint density at radius 3 is 2.60 bits per heavy atom. The van der Waals surface area contributed by atoms with E-state index in [0.29, 0.717) is 17.3 Å². The molecule has 1 heterocycles. The Morgan fingerprint density at radius 2 is 1.95 bits per heavy atom. The van der Waals surface area contributed by atoms with Crippen molar-refractivity contribution < 1.29 is 4.92 Å². The average Bonchev–Trinajstić information content (AvgIpc) is 2.43. The molecule has 0 unspecified atom stereocenters. The molecule has 0 bridgehead atoms. The van der Waals surface area contributed by atoms with Gasteiger partial charge in [0.1, 0.15) is 5.69 Å². The predicted molar refractivity (Wildman–Crippen MR) is 80.9 cm³/mol. The van der Waals surface area contributed by atoms with Gasteiger partial charge in [-0.3, -0.25) is 15.0 Å². The molecule has 1 aromatic carbocycles. The predicted octanol–water partition coefficient (Wildman–Crippen LogP) is 2.22. The number of nitrogens with one attached hydrogen (secondary N) is 2. The highest BCUT2D eigenvalue weighted by molar-refractivity contribution is 6.42. The number of hydrogen-bond donors (Lipinski definition) is 2. The first kappa shape index (κ1) is 15.3. The monoisotopic (exact) mass is 318 g/mol. The molecule has 2 rings (SSSR count). The van der Waals surface area contributed by atoms with Crippen LogP contribution in [-0.2, 0) is 0 Å². The second kappa shape index (κ2) is 7.08. The van der Waals surface area contributed by atoms with Crippen molar-refractivity contribution >= 4 is 34.6 Å². The number of benzene rings is 1. The standard InChI is InChI=1S/C12H16Cl2N4O2/c13-9-7-11(12(18(19)20)8-10(9)14)16-3-6-17-4-1-15-2-5-17/h7-8,15-16H,1-6H2. The van der Waals surface area contributed by atoms with E-state index in [2.05, 4.69) is 15.5 Å². The molecule has 0 aliphatic carbocycles. The van der Waals surface area contributed by atoms with Gasteiger partial charge in [0.05, 0.1) is 15.0 Å². The lowest BCUT2D eigenvalue weighted by molar-refractivity contribution is -0.383. The van der Waals surface area contributed by atoms with E-state index in [1.807, 2.05) is 0 Å². The third-order valence-electron chi connectivity index (χ3n) is 3.19. The highest BCUT2D eigenvalue weighted by atomic mass is 35.5. The molecule has 1 aliphatic rings. The Balaban J connectivity index is 1.97. The Hall–Kier alpha value is -1.08. The number of piperazine rings is 1. The van der Waals surface area contributed by atoms with E-state index in [-0.39, 0.29) is 10.7 Å². The highest BCUT2D eigenvalue weighted by Gasteiger charge is 2.17. The molecule has 1 aliphatic heterocycles. The van der Waals surface area contributed by atoms with Crippen molar-refractivity contribution in [3.05, 3.63) is 32.3 Å². The molecule has 6 nitrogen and oxygen atoms in total. The molecule has 0 radical (unpaired) electrons. The summed E-state index contributed by atoms with van der Waals surface area (Å²) in [6, 6.07) is 2.77. The molecule has 0 aromatic heterocycles. The smallest absolute Gasteiger partial charge is 0.293 e. The van der Waals surface area contributed by atoms with Gasteiger partial charge in [0.2, 0.25) is 0 Å². The quantitative estimate of drug-likeness (QED) is 0.643. The van der Waals surface area contributed by atoms with Crippen LogP contribution < -0.4 is 10.6 Å². The van der Waals surface area contributed by atoms with Crippen molar-refractivity contribution in [2.75, 3.05) is 44.6 Å². The lowest BCUT2D eigenvalue weighted by Crippen LogP contribution is -2.45. The Morgan fingerprint density at radius 1 is 1.30 bits per heavy atom. The van der Waals surface area contributed by atoms with Gasteiger partial charge in [-0.2, -0.15) is 0 Å². The van der Waals surface area contributed by atoms with Crippen molar-refractivity contribution in [1.29, 1.82) is 0 Å². The van der Waals surface area contributed by atoms with Crippen molar-refractivity contribution in [3.63, 3.8) is 0 Å². The normalized spacial score (nSPS) is 16.1.